The highest BCUT2D eigenvalue weighted by molar-refractivity contribution is 7.10. The fraction of sp³-hybridized carbons (Fsp3) is 0.0455. The molecule has 0 saturated carbocycles. The van der Waals surface area contributed by atoms with Crippen LogP contribution in [0.4, 0.5) is 5.69 Å². The summed E-state index contributed by atoms with van der Waals surface area (Å²) in [6, 6.07) is 14.4. The van der Waals surface area contributed by atoms with E-state index in [1.54, 1.807) is 42.5 Å². The molecular weight excluding hydrogens is 448 g/mol. The lowest BCUT2D eigenvalue weighted by molar-refractivity contribution is -0.386. The number of carbonyl (C=O) groups is 2. The Morgan fingerprint density at radius 1 is 1.15 bits per heavy atom. The van der Waals surface area contributed by atoms with Crippen molar-refractivity contribution in [1.82, 2.24) is 10.7 Å². The second-order valence-corrected chi connectivity index (χ2v) is 7.38. The molecule has 3 N–H and O–H groups in total. The summed E-state index contributed by atoms with van der Waals surface area (Å²) in [6.45, 7) is 0. The van der Waals surface area contributed by atoms with E-state index in [0.29, 0.717) is 5.56 Å². The molecule has 0 aliphatic carbocycles. The van der Waals surface area contributed by atoms with Crippen LogP contribution >= 0.6 is 11.3 Å². The average Bonchev–Trinajstić information content (AvgIpc) is 3.32. The average molecular weight is 466 g/mol. The molecule has 0 fully saturated rings. The molecule has 0 atom stereocenters. The molecule has 3 rings (SSSR count). The van der Waals surface area contributed by atoms with E-state index < -0.39 is 28.2 Å². The molecule has 0 bridgehead atoms. The maximum Gasteiger partial charge on any atom is 0.323 e. The monoisotopic (exact) mass is 466 g/mol. The van der Waals surface area contributed by atoms with Crippen molar-refractivity contribution >= 4 is 41.1 Å². The van der Waals surface area contributed by atoms with Gasteiger partial charge in [0.1, 0.15) is 5.70 Å². The van der Waals surface area contributed by atoms with E-state index in [4.69, 9.17) is 4.74 Å². The van der Waals surface area contributed by atoms with Gasteiger partial charge >= 0.3 is 5.69 Å². The highest BCUT2D eigenvalue weighted by Gasteiger charge is 2.23. The van der Waals surface area contributed by atoms with Crippen LogP contribution in [0.2, 0.25) is 0 Å². The number of thiophene rings is 1. The molecule has 0 spiro atoms. The Hall–Kier alpha value is -4.51. The predicted octanol–water partition coefficient (Wildman–Crippen LogP) is 3.29. The maximum absolute atomic E-state index is 12.7. The molecule has 3 aromatic rings. The van der Waals surface area contributed by atoms with Crippen molar-refractivity contribution in [2.75, 3.05) is 7.11 Å². The molecule has 1 heterocycles. The van der Waals surface area contributed by atoms with Gasteiger partial charge < -0.3 is 15.2 Å². The van der Waals surface area contributed by atoms with E-state index >= 15 is 0 Å². The number of benzene rings is 2. The Morgan fingerprint density at radius 3 is 2.55 bits per heavy atom. The van der Waals surface area contributed by atoms with E-state index in [9.17, 15) is 24.8 Å². The van der Waals surface area contributed by atoms with E-state index in [1.807, 2.05) is 5.38 Å². The highest BCUT2D eigenvalue weighted by Crippen LogP contribution is 2.37. The number of hydrogen-bond acceptors (Lipinski definition) is 8. The molecule has 2 aromatic carbocycles. The number of methoxy groups -OCH3 is 1. The minimum Gasteiger partial charge on any atom is -0.504 e. The highest BCUT2D eigenvalue weighted by atomic mass is 32.1. The second kappa shape index (κ2) is 10.7. The first-order chi connectivity index (χ1) is 15.9. The molecule has 2 amide bonds. The van der Waals surface area contributed by atoms with Crippen molar-refractivity contribution in [2.24, 2.45) is 5.10 Å². The Bertz CT molecular complexity index is 1220. The number of nitrogens with one attached hydrogen (secondary N) is 2. The number of amides is 2. The summed E-state index contributed by atoms with van der Waals surface area (Å²) in [5.74, 6) is -1.97. The largest absolute Gasteiger partial charge is 0.504 e. The summed E-state index contributed by atoms with van der Waals surface area (Å²) >= 11 is 1.36. The summed E-state index contributed by atoms with van der Waals surface area (Å²) in [7, 11) is 1.18. The standard InChI is InChI=1S/C22H18N4O6S/c1-32-20-18(27)10-9-15(19(20)26(30)31)13-23-25-22(29)17(12-16-8-5-11-33-16)24-21(28)14-6-3-2-4-7-14/h2-13,27H,1H3,(H,24,28)(H,25,29). The number of aromatic hydroxyl groups is 1. The molecule has 0 aliphatic rings. The predicted molar refractivity (Wildman–Crippen MR) is 123 cm³/mol. The second-order valence-electron chi connectivity index (χ2n) is 6.41. The zero-order valence-corrected chi connectivity index (χ0v) is 18.0. The van der Waals surface area contributed by atoms with Crippen LogP contribution in [-0.4, -0.2) is 35.2 Å². The quantitative estimate of drug-likeness (QED) is 0.201. The molecule has 10 nitrogen and oxygen atoms in total. The van der Waals surface area contributed by atoms with Crippen molar-refractivity contribution in [3.63, 3.8) is 0 Å². The van der Waals surface area contributed by atoms with Crippen LogP contribution in [0, 0.1) is 10.1 Å². The Balaban J connectivity index is 1.83. The van der Waals surface area contributed by atoms with Gasteiger partial charge in [0, 0.05) is 10.4 Å². The summed E-state index contributed by atoms with van der Waals surface area (Å²) in [5.41, 5.74) is 2.02. The fourth-order valence-corrected chi connectivity index (χ4v) is 3.41. The van der Waals surface area contributed by atoms with Crippen LogP contribution in [0.25, 0.3) is 6.08 Å². The first-order valence-electron chi connectivity index (χ1n) is 9.40. The molecule has 168 valence electrons. The van der Waals surface area contributed by atoms with Crippen LogP contribution in [0.1, 0.15) is 20.8 Å². The molecule has 0 saturated heterocycles. The Kier molecular flexibility index (Phi) is 7.50. The van der Waals surface area contributed by atoms with Crippen molar-refractivity contribution in [3.8, 4) is 11.5 Å². The number of rotatable bonds is 8. The lowest BCUT2D eigenvalue weighted by Crippen LogP contribution is -2.32. The topological polar surface area (TPSA) is 143 Å². The zero-order chi connectivity index (χ0) is 23.8. The van der Waals surface area contributed by atoms with Crippen LogP contribution in [0.15, 0.2) is 70.8 Å². The van der Waals surface area contributed by atoms with Gasteiger partial charge in [0.25, 0.3) is 11.8 Å². The first kappa shape index (κ1) is 23.2. The number of nitro benzene ring substituents is 1. The Morgan fingerprint density at radius 2 is 1.91 bits per heavy atom. The van der Waals surface area contributed by atoms with Crippen molar-refractivity contribution in [2.45, 2.75) is 0 Å². The minimum atomic E-state index is -0.739. The van der Waals surface area contributed by atoms with E-state index in [2.05, 4.69) is 15.8 Å². The van der Waals surface area contributed by atoms with E-state index in [-0.39, 0.29) is 17.0 Å². The summed E-state index contributed by atoms with van der Waals surface area (Å²) in [5, 5.41) is 29.3. The number of hydrogen-bond donors (Lipinski definition) is 3. The summed E-state index contributed by atoms with van der Waals surface area (Å²) in [4.78, 5) is 36.6. The molecule has 33 heavy (non-hydrogen) atoms. The van der Waals surface area contributed by atoms with E-state index in [0.717, 1.165) is 11.1 Å². The molecule has 0 aliphatic heterocycles. The van der Waals surface area contributed by atoms with Gasteiger partial charge in [-0.1, -0.05) is 24.3 Å². The molecular formula is C22H18N4O6S. The van der Waals surface area contributed by atoms with Gasteiger partial charge in [-0.15, -0.1) is 11.3 Å². The molecule has 1 aromatic heterocycles. The van der Waals surface area contributed by atoms with Crippen LogP contribution < -0.4 is 15.5 Å². The molecule has 11 heteroatoms. The maximum atomic E-state index is 12.7. The number of phenols is 1. The van der Waals surface area contributed by atoms with Crippen LogP contribution in [0.3, 0.4) is 0 Å². The summed E-state index contributed by atoms with van der Waals surface area (Å²) in [6.07, 6.45) is 2.53. The van der Waals surface area contributed by atoms with Gasteiger partial charge in [-0.25, -0.2) is 5.43 Å². The van der Waals surface area contributed by atoms with Crippen LogP contribution in [-0.2, 0) is 4.79 Å². The number of nitro groups is 1. The van der Waals surface area contributed by atoms with Gasteiger partial charge in [-0.3, -0.25) is 19.7 Å². The summed E-state index contributed by atoms with van der Waals surface area (Å²) < 4.78 is 4.89. The number of ether oxygens (including phenoxy) is 1. The van der Waals surface area contributed by atoms with Gasteiger partial charge in [-0.2, -0.15) is 5.10 Å². The Labute approximate surface area is 192 Å². The number of hydrazone groups is 1. The van der Waals surface area contributed by atoms with Gasteiger partial charge in [-0.05, 0) is 41.8 Å². The van der Waals surface area contributed by atoms with Crippen molar-refractivity contribution in [3.05, 3.63) is 91.8 Å². The lowest BCUT2D eigenvalue weighted by atomic mass is 10.1. The number of carbonyl (C=O) groups excluding carboxylic acids is 2. The van der Waals surface area contributed by atoms with Crippen LogP contribution in [0.5, 0.6) is 11.5 Å². The smallest absolute Gasteiger partial charge is 0.323 e. The normalized spacial score (nSPS) is 11.2. The zero-order valence-electron chi connectivity index (χ0n) is 17.2. The van der Waals surface area contributed by atoms with Crippen molar-refractivity contribution < 1.29 is 24.4 Å². The third-order valence-electron chi connectivity index (χ3n) is 4.26. The van der Waals surface area contributed by atoms with E-state index in [1.165, 1.54) is 36.7 Å². The minimum absolute atomic E-state index is 0.00735. The first-order valence-corrected chi connectivity index (χ1v) is 10.3. The fourth-order valence-electron chi connectivity index (χ4n) is 2.75. The molecule has 0 radical (unpaired) electrons. The van der Waals surface area contributed by atoms with Gasteiger partial charge in [0.2, 0.25) is 5.75 Å². The number of nitrogens with zero attached hydrogens (tertiary/aromatic N) is 2. The number of phenolic OH excluding ortho intramolecular Hbond substituents is 1. The SMILES string of the molecule is COc1c(O)ccc(C=NNC(=O)C(=Cc2cccs2)NC(=O)c2ccccc2)c1[N+](=O)[O-]. The third kappa shape index (κ3) is 5.80. The molecule has 0 unspecified atom stereocenters. The van der Waals surface area contributed by atoms with Gasteiger partial charge in [0.15, 0.2) is 5.75 Å². The van der Waals surface area contributed by atoms with Crippen molar-refractivity contribution in [1.29, 1.82) is 0 Å². The third-order valence-corrected chi connectivity index (χ3v) is 5.08. The van der Waals surface area contributed by atoms with Gasteiger partial charge in [0.05, 0.1) is 23.8 Å². The lowest BCUT2D eigenvalue weighted by Gasteiger charge is -2.09.